The van der Waals surface area contributed by atoms with Crippen LogP contribution in [0.25, 0.3) is 11.6 Å². The fourth-order valence-corrected chi connectivity index (χ4v) is 3.01. The highest BCUT2D eigenvalue weighted by atomic mass is 32.1. The molecule has 0 atom stereocenters. The number of anilines is 1. The van der Waals surface area contributed by atoms with Crippen LogP contribution in [0.5, 0.6) is 0 Å². The lowest BCUT2D eigenvalue weighted by Gasteiger charge is -2.06. The minimum Gasteiger partial charge on any atom is -0.461 e. The number of rotatable bonds is 5. The molecule has 25 heavy (non-hydrogen) atoms. The average molecular weight is 350 g/mol. The van der Waals surface area contributed by atoms with E-state index in [0.29, 0.717) is 29.0 Å². The lowest BCUT2D eigenvalue weighted by molar-refractivity contribution is 0.0951. The third-order valence-corrected chi connectivity index (χ3v) is 4.42. The average Bonchev–Trinajstić information content (AvgIpc) is 3.41. The number of hydrogen-bond donors (Lipinski definition) is 1. The fraction of sp³-hybridized carbons (Fsp3) is 0.0556. The van der Waals surface area contributed by atoms with E-state index in [-0.39, 0.29) is 5.91 Å². The first-order chi connectivity index (χ1) is 12.3. The Labute approximate surface area is 147 Å². The zero-order valence-corrected chi connectivity index (χ0v) is 13.9. The quantitative estimate of drug-likeness (QED) is 0.591. The molecule has 6 nitrogen and oxygen atoms in total. The molecular weight excluding hydrogens is 336 g/mol. The van der Waals surface area contributed by atoms with Gasteiger partial charge in [0.05, 0.1) is 11.1 Å². The first-order valence-electron chi connectivity index (χ1n) is 7.68. The highest BCUT2D eigenvalue weighted by molar-refractivity contribution is 7.12. The van der Waals surface area contributed by atoms with E-state index < -0.39 is 0 Å². The van der Waals surface area contributed by atoms with Crippen molar-refractivity contribution in [1.82, 2.24) is 14.8 Å². The van der Waals surface area contributed by atoms with Gasteiger partial charge in [0.15, 0.2) is 5.76 Å². The predicted octanol–water partition coefficient (Wildman–Crippen LogP) is 3.90. The summed E-state index contributed by atoms with van der Waals surface area (Å²) in [6.45, 7) is 0.537. The van der Waals surface area contributed by atoms with Gasteiger partial charge in [0, 0.05) is 6.54 Å². The van der Waals surface area contributed by atoms with E-state index in [0.717, 1.165) is 5.56 Å². The van der Waals surface area contributed by atoms with Gasteiger partial charge in [-0.3, -0.25) is 4.79 Å². The lowest BCUT2D eigenvalue weighted by atomic mass is 10.2. The second-order valence-electron chi connectivity index (χ2n) is 5.27. The molecule has 0 radical (unpaired) electrons. The summed E-state index contributed by atoms with van der Waals surface area (Å²) in [6, 6.07) is 17.0. The molecule has 3 aromatic heterocycles. The molecule has 0 bridgehead atoms. The Morgan fingerprint density at radius 2 is 2.00 bits per heavy atom. The van der Waals surface area contributed by atoms with Crippen molar-refractivity contribution in [2.45, 2.75) is 6.54 Å². The van der Waals surface area contributed by atoms with Gasteiger partial charge in [0.1, 0.15) is 0 Å². The number of nitrogens with zero attached hydrogens (tertiary/aromatic N) is 3. The van der Waals surface area contributed by atoms with Gasteiger partial charge in [-0.15, -0.1) is 16.4 Å². The molecule has 124 valence electrons. The summed E-state index contributed by atoms with van der Waals surface area (Å²) in [4.78, 5) is 17.7. The number of benzene rings is 1. The van der Waals surface area contributed by atoms with Crippen molar-refractivity contribution in [2.24, 2.45) is 0 Å². The van der Waals surface area contributed by atoms with Crippen molar-refractivity contribution in [3.05, 3.63) is 76.7 Å². The van der Waals surface area contributed by atoms with Gasteiger partial charge < -0.3 is 9.73 Å². The summed E-state index contributed by atoms with van der Waals surface area (Å²) in [7, 11) is 0. The molecule has 0 fully saturated rings. The molecule has 0 aliphatic carbocycles. The maximum Gasteiger partial charge on any atom is 0.291 e. The van der Waals surface area contributed by atoms with Crippen molar-refractivity contribution in [3.63, 3.8) is 0 Å². The second kappa shape index (κ2) is 6.74. The molecular formula is C18H14N4O2S. The van der Waals surface area contributed by atoms with Crippen LogP contribution < -0.4 is 5.32 Å². The van der Waals surface area contributed by atoms with E-state index in [4.69, 9.17) is 4.42 Å². The highest BCUT2D eigenvalue weighted by Gasteiger charge is 2.20. The molecule has 0 amide bonds. The number of aromatic nitrogens is 3. The number of carbonyl (C=O) groups excluding carboxylic acids is 1. The molecule has 3 heterocycles. The minimum atomic E-state index is -0.226. The van der Waals surface area contributed by atoms with Crippen molar-refractivity contribution >= 4 is 23.2 Å². The van der Waals surface area contributed by atoms with Crippen LogP contribution in [0.3, 0.4) is 0 Å². The summed E-state index contributed by atoms with van der Waals surface area (Å²) in [5.41, 5.74) is 1.08. The third kappa shape index (κ3) is 3.22. The molecule has 0 spiro atoms. The Kier molecular flexibility index (Phi) is 4.14. The number of furan rings is 1. The molecule has 1 N–H and O–H groups in total. The van der Waals surface area contributed by atoms with Crippen LogP contribution in [-0.2, 0) is 6.54 Å². The third-order valence-electron chi connectivity index (χ3n) is 3.57. The lowest BCUT2D eigenvalue weighted by Crippen LogP contribution is -2.16. The molecule has 0 saturated carbocycles. The Morgan fingerprint density at radius 1 is 1.12 bits per heavy atom. The van der Waals surface area contributed by atoms with Crippen molar-refractivity contribution in [1.29, 1.82) is 0 Å². The molecule has 0 unspecified atom stereocenters. The van der Waals surface area contributed by atoms with Crippen LogP contribution in [-0.4, -0.2) is 20.7 Å². The Morgan fingerprint density at radius 3 is 2.72 bits per heavy atom. The summed E-state index contributed by atoms with van der Waals surface area (Å²) >= 11 is 1.37. The maximum atomic E-state index is 12.7. The molecule has 0 saturated heterocycles. The van der Waals surface area contributed by atoms with Crippen LogP contribution in [0, 0.1) is 0 Å². The van der Waals surface area contributed by atoms with E-state index in [2.05, 4.69) is 15.4 Å². The van der Waals surface area contributed by atoms with Crippen LogP contribution in [0.4, 0.5) is 5.95 Å². The molecule has 4 aromatic rings. The maximum absolute atomic E-state index is 12.7. The Balaban J connectivity index is 1.67. The van der Waals surface area contributed by atoms with E-state index >= 15 is 0 Å². The molecule has 1 aromatic carbocycles. The van der Waals surface area contributed by atoms with Gasteiger partial charge >= 0.3 is 0 Å². The van der Waals surface area contributed by atoms with Crippen LogP contribution in [0.15, 0.2) is 70.7 Å². The van der Waals surface area contributed by atoms with Crippen molar-refractivity contribution in [2.75, 3.05) is 5.32 Å². The molecule has 4 rings (SSSR count). The minimum absolute atomic E-state index is 0.226. The molecule has 0 aliphatic rings. The van der Waals surface area contributed by atoms with Crippen molar-refractivity contribution in [3.8, 4) is 11.6 Å². The van der Waals surface area contributed by atoms with E-state index in [1.54, 1.807) is 24.5 Å². The number of hydrogen-bond acceptors (Lipinski definition) is 6. The second-order valence-corrected chi connectivity index (χ2v) is 6.22. The summed E-state index contributed by atoms with van der Waals surface area (Å²) < 4.78 is 6.63. The normalized spacial score (nSPS) is 10.7. The van der Waals surface area contributed by atoms with Crippen LogP contribution >= 0.6 is 11.3 Å². The number of carbonyl (C=O) groups is 1. The number of nitrogens with one attached hydrogen (secondary N) is 1. The Bertz CT molecular complexity index is 960. The SMILES string of the molecule is O=C(c1cccs1)n1nc(-c2ccco2)nc1NCc1ccccc1. The summed E-state index contributed by atoms with van der Waals surface area (Å²) in [5.74, 6) is 1.04. The first-order valence-corrected chi connectivity index (χ1v) is 8.56. The highest BCUT2D eigenvalue weighted by Crippen LogP contribution is 2.21. The largest absolute Gasteiger partial charge is 0.461 e. The standard InChI is InChI=1S/C18H14N4O2S/c23-17(15-9-5-11-25-15)22-18(19-12-13-6-2-1-3-7-13)20-16(21-22)14-8-4-10-24-14/h1-11H,12H2,(H,19,20,21). The smallest absolute Gasteiger partial charge is 0.291 e. The zero-order valence-electron chi connectivity index (χ0n) is 13.1. The van der Waals surface area contributed by atoms with E-state index in [1.165, 1.54) is 16.0 Å². The molecule has 7 heteroatoms. The fourth-order valence-electron chi connectivity index (χ4n) is 2.36. The van der Waals surface area contributed by atoms with Gasteiger partial charge in [-0.25, -0.2) is 0 Å². The van der Waals surface area contributed by atoms with Crippen molar-refractivity contribution < 1.29 is 9.21 Å². The van der Waals surface area contributed by atoms with Gasteiger partial charge in [-0.2, -0.15) is 9.67 Å². The van der Waals surface area contributed by atoms with Gasteiger partial charge in [-0.05, 0) is 29.1 Å². The van der Waals surface area contributed by atoms with E-state index in [1.807, 2.05) is 41.8 Å². The summed E-state index contributed by atoms with van der Waals surface area (Å²) in [6.07, 6.45) is 1.55. The van der Waals surface area contributed by atoms with Gasteiger partial charge in [0.25, 0.3) is 5.91 Å². The van der Waals surface area contributed by atoms with Crippen LogP contribution in [0.2, 0.25) is 0 Å². The van der Waals surface area contributed by atoms with E-state index in [9.17, 15) is 4.79 Å². The van der Waals surface area contributed by atoms with Gasteiger partial charge in [-0.1, -0.05) is 36.4 Å². The predicted molar refractivity (Wildman–Crippen MR) is 95.5 cm³/mol. The number of thiophene rings is 1. The molecule has 0 aliphatic heterocycles. The van der Waals surface area contributed by atoms with Gasteiger partial charge in [0.2, 0.25) is 11.8 Å². The topological polar surface area (TPSA) is 73.0 Å². The van der Waals surface area contributed by atoms with Crippen LogP contribution in [0.1, 0.15) is 15.2 Å². The zero-order chi connectivity index (χ0) is 17.1. The monoisotopic (exact) mass is 350 g/mol. The first kappa shape index (κ1) is 15.3. The Hall–Kier alpha value is -3.19. The summed E-state index contributed by atoms with van der Waals surface area (Å²) in [5, 5.41) is 9.37.